The van der Waals surface area contributed by atoms with Crippen LogP contribution in [0.25, 0.3) is 0 Å². The van der Waals surface area contributed by atoms with Gasteiger partial charge in [0.25, 0.3) is 0 Å². The van der Waals surface area contributed by atoms with E-state index in [9.17, 15) is 0 Å². The first-order chi connectivity index (χ1) is 6.21. The van der Waals surface area contributed by atoms with Crippen LogP contribution in [0.15, 0.2) is 37.1 Å². The van der Waals surface area contributed by atoms with Gasteiger partial charge in [-0.2, -0.15) is 0 Å². The summed E-state index contributed by atoms with van der Waals surface area (Å²) in [6.07, 6.45) is 5.82. The highest BCUT2D eigenvalue weighted by Crippen LogP contribution is 2.04. The van der Waals surface area contributed by atoms with Gasteiger partial charge in [-0.15, -0.1) is 0 Å². The van der Waals surface area contributed by atoms with E-state index >= 15 is 0 Å². The Kier molecular flexibility index (Phi) is 5.55. The lowest BCUT2D eigenvalue weighted by atomic mass is 10.3. The van der Waals surface area contributed by atoms with E-state index in [4.69, 9.17) is 5.41 Å². The Morgan fingerprint density at radius 1 is 1.54 bits per heavy atom. The summed E-state index contributed by atoms with van der Waals surface area (Å²) in [5.74, 6) is 0.496. The molecule has 0 aromatic rings. The molecule has 0 aliphatic carbocycles. The van der Waals surface area contributed by atoms with Crippen LogP contribution < -0.4 is 5.43 Å². The fourth-order valence-corrected chi connectivity index (χ4v) is 0.933. The molecule has 3 nitrogen and oxygen atoms in total. The van der Waals surface area contributed by atoms with Gasteiger partial charge in [-0.05, 0) is 12.2 Å². The highest BCUT2D eigenvalue weighted by molar-refractivity contribution is 5.80. The molecule has 0 aliphatic rings. The molecule has 72 valence electrons. The molecule has 0 unspecified atom stereocenters. The SMILES string of the molecule is C=C/C=C(\C=C)N(NC)C(=N)CC. The molecule has 0 atom stereocenters. The Morgan fingerprint density at radius 2 is 2.15 bits per heavy atom. The molecule has 0 rings (SSSR count). The van der Waals surface area contributed by atoms with Crippen LogP contribution in [0.5, 0.6) is 0 Å². The summed E-state index contributed by atoms with van der Waals surface area (Å²) in [7, 11) is 1.77. The zero-order valence-corrected chi connectivity index (χ0v) is 8.30. The minimum Gasteiger partial charge on any atom is -0.287 e. The molecule has 0 aromatic carbocycles. The fraction of sp³-hybridized carbons (Fsp3) is 0.300. The predicted octanol–water partition coefficient (Wildman–Crippen LogP) is 2.07. The molecule has 0 aliphatic heterocycles. The molecule has 0 heterocycles. The Balaban J connectivity index is 4.71. The van der Waals surface area contributed by atoms with Crippen molar-refractivity contribution in [3.8, 4) is 0 Å². The molecule has 0 aromatic heterocycles. The van der Waals surface area contributed by atoms with Gasteiger partial charge in [0.2, 0.25) is 0 Å². The van der Waals surface area contributed by atoms with Crippen LogP contribution in [-0.4, -0.2) is 17.9 Å². The second-order valence-corrected chi connectivity index (χ2v) is 2.39. The molecule has 0 bridgehead atoms. The van der Waals surface area contributed by atoms with Gasteiger partial charge in [0.05, 0.1) is 5.70 Å². The first-order valence-corrected chi connectivity index (χ1v) is 4.21. The molecule has 0 radical (unpaired) electrons. The standard InChI is InChI=1S/C10H17N3/c1-5-8-9(6-2)13(12-4)10(11)7-3/h5-6,8,11-12H,1-2,7H2,3-4H3/b9-8+,11-10?. The third-order valence-electron chi connectivity index (χ3n) is 1.58. The average Bonchev–Trinajstić information content (AvgIpc) is 2.17. The zero-order valence-electron chi connectivity index (χ0n) is 8.30. The van der Waals surface area contributed by atoms with Crippen LogP contribution in [-0.2, 0) is 0 Å². The topological polar surface area (TPSA) is 39.1 Å². The highest BCUT2D eigenvalue weighted by Gasteiger charge is 2.07. The van der Waals surface area contributed by atoms with Gasteiger partial charge < -0.3 is 0 Å². The van der Waals surface area contributed by atoms with E-state index in [0.29, 0.717) is 12.3 Å². The van der Waals surface area contributed by atoms with Crippen molar-refractivity contribution >= 4 is 5.84 Å². The van der Waals surface area contributed by atoms with Crippen molar-refractivity contribution in [3.63, 3.8) is 0 Å². The number of hydrazine groups is 1. The maximum absolute atomic E-state index is 7.65. The molecule has 2 N–H and O–H groups in total. The normalized spacial score (nSPS) is 10.8. The molecule has 0 fully saturated rings. The summed E-state index contributed by atoms with van der Waals surface area (Å²) < 4.78 is 0. The second-order valence-electron chi connectivity index (χ2n) is 2.39. The van der Waals surface area contributed by atoms with E-state index in [1.807, 2.05) is 6.92 Å². The van der Waals surface area contributed by atoms with Crippen molar-refractivity contribution in [1.29, 1.82) is 5.41 Å². The highest BCUT2D eigenvalue weighted by atomic mass is 15.5. The molecule has 0 spiro atoms. The van der Waals surface area contributed by atoms with Gasteiger partial charge >= 0.3 is 0 Å². The van der Waals surface area contributed by atoms with E-state index < -0.39 is 0 Å². The van der Waals surface area contributed by atoms with Crippen molar-refractivity contribution < 1.29 is 0 Å². The summed E-state index contributed by atoms with van der Waals surface area (Å²) in [4.78, 5) is 0. The monoisotopic (exact) mass is 179 g/mol. The lowest BCUT2D eigenvalue weighted by Gasteiger charge is -2.23. The largest absolute Gasteiger partial charge is 0.287 e. The Labute approximate surface area is 79.9 Å². The first-order valence-electron chi connectivity index (χ1n) is 4.21. The van der Waals surface area contributed by atoms with Gasteiger partial charge in [-0.1, -0.05) is 26.2 Å². The van der Waals surface area contributed by atoms with Crippen LogP contribution >= 0.6 is 0 Å². The first kappa shape index (κ1) is 11.6. The summed E-state index contributed by atoms with van der Waals surface area (Å²) in [6.45, 7) is 9.20. The molecule has 13 heavy (non-hydrogen) atoms. The van der Waals surface area contributed by atoms with E-state index in [-0.39, 0.29) is 0 Å². The van der Waals surface area contributed by atoms with Crippen LogP contribution in [0.1, 0.15) is 13.3 Å². The zero-order chi connectivity index (χ0) is 10.3. The fourth-order valence-electron chi connectivity index (χ4n) is 0.933. The Morgan fingerprint density at radius 3 is 2.46 bits per heavy atom. The van der Waals surface area contributed by atoms with E-state index in [1.54, 1.807) is 30.3 Å². The summed E-state index contributed by atoms with van der Waals surface area (Å²) in [6, 6.07) is 0. The molecule has 0 amide bonds. The quantitative estimate of drug-likeness (QED) is 0.293. The maximum atomic E-state index is 7.65. The number of hydrogen-bond acceptors (Lipinski definition) is 2. The molecular weight excluding hydrogens is 162 g/mol. The second kappa shape index (κ2) is 6.20. The maximum Gasteiger partial charge on any atom is 0.115 e. The van der Waals surface area contributed by atoms with Crippen molar-refractivity contribution in [1.82, 2.24) is 10.4 Å². The third kappa shape index (κ3) is 3.25. The molecule has 3 heteroatoms. The van der Waals surface area contributed by atoms with E-state index in [1.165, 1.54) is 0 Å². The van der Waals surface area contributed by atoms with Gasteiger partial charge in [0, 0.05) is 13.5 Å². The minimum atomic E-state index is 0.496. The molecular formula is C10H17N3. The number of nitrogens with zero attached hydrogens (tertiary/aromatic N) is 1. The third-order valence-corrected chi connectivity index (χ3v) is 1.58. The summed E-state index contributed by atoms with van der Waals surface area (Å²) in [5.41, 5.74) is 3.73. The Bertz CT molecular complexity index is 228. The van der Waals surface area contributed by atoms with Crippen molar-refractivity contribution in [2.24, 2.45) is 0 Å². The number of nitrogens with one attached hydrogen (secondary N) is 2. The van der Waals surface area contributed by atoms with Gasteiger partial charge in [0.15, 0.2) is 0 Å². The van der Waals surface area contributed by atoms with Gasteiger partial charge in [0.1, 0.15) is 5.84 Å². The molecule has 0 saturated heterocycles. The van der Waals surface area contributed by atoms with Gasteiger partial charge in [-0.3, -0.25) is 10.4 Å². The van der Waals surface area contributed by atoms with E-state index in [0.717, 1.165) is 5.70 Å². The van der Waals surface area contributed by atoms with Crippen molar-refractivity contribution in [3.05, 3.63) is 37.1 Å². The Hall–Kier alpha value is -1.35. The number of rotatable bonds is 5. The van der Waals surface area contributed by atoms with Crippen molar-refractivity contribution in [2.45, 2.75) is 13.3 Å². The number of amidine groups is 1. The van der Waals surface area contributed by atoms with Crippen LogP contribution in [0, 0.1) is 5.41 Å². The number of allylic oxidation sites excluding steroid dienone is 3. The van der Waals surface area contributed by atoms with E-state index in [2.05, 4.69) is 18.6 Å². The van der Waals surface area contributed by atoms with Gasteiger partial charge in [-0.25, -0.2) is 5.43 Å². The predicted molar refractivity (Wildman–Crippen MR) is 57.4 cm³/mol. The lowest BCUT2D eigenvalue weighted by molar-refractivity contribution is 0.419. The minimum absolute atomic E-state index is 0.496. The summed E-state index contributed by atoms with van der Waals surface area (Å²) in [5, 5.41) is 9.31. The molecule has 0 saturated carbocycles. The van der Waals surface area contributed by atoms with Crippen LogP contribution in [0.2, 0.25) is 0 Å². The summed E-state index contributed by atoms with van der Waals surface area (Å²) >= 11 is 0. The number of hydrogen-bond donors (Lipinski definition) is 2. The van der Waals surface area contributed by atoms with Crippen molar-refractivity contribution in [2.75, 3.05) is 7.05 Å². The smallest absolute Gasteiger partial charge is 0.115 e. The average molecular weight is 179 g/mol. The lowest BCUT2D eigenvalue weighted by Crippen LogP contribution is -2.38. The van der Waals surface area contributed by atoms with Crippen LogP contribution in [0.4, 0.5) is 0 Å². The van der Waals surface area contributed by atoms with Crippen LogP contribution in [0.3, 0.4) is 0 Å².